The molecule has 11 heteroatoms. The number of thioether (sulfide) groups is 1. The van der Waals surface area contributed by atoms with E-state index < -0.39 is 22.6 Å². The van der Waals surface area contributed by atoms with Crippen molar-refractivity contribution in [3.63, 3.8) is 0 Å². The van der Waals surface area contributed by atoms with Crippen molar-refractivity contribution in [2.75, 3.05) is 26.3 Å². The van der Waals surface area contributed by atoms with Crippen LogP contribution in [0.1, 0.15) is 32.6 Å². The number of amides is 2. The minimum absolute atomic E-state index is 0.0344. The summed E-state index contributed by atoms with van der Waals surface area (Å²) in [6, 6.07) is 6.75. The summed E-state index contributed by atoms with van der Waals surface area (Å²) in [6.45, 7) is 10.4. The molecule has 3 unspecified atom stereocenters. The molecule has 0 radical (unpaired) electrons. The van der Waals surface area contributed by atoms with E-state index in [-0.39, 0.29) is 61.9 Å². The molecular weight excluding hydrogens is 530 g/mol. The first-order chi connectivity index (χ1) is 19.4. The Labute approximate surface area is 238 Å². The van der Waals surface area contributed by atoms with Gasteiger partial charge in [-0.05, 0) is 43.7 Å². The van der Waals surface area contributed by atoms with Crippen LogP contribution in [-0.2, 0) is 25.8 Å². The molecule has 2 aromatic rings. The standard InChI is InChI=1S/C29H37N5O5S/c1-4-6-9-16-39-28(38)23-22-17-19(3)29(40-22)24(23)26(36)33(14-10-15-35)25(29)27(37)32(13-5-2)18-34-21-12-8-7-11-20(21)30-31-34/h4-5,7-8,11-12,19,22-25,35H,1-2,6,9-10,13-18H2,3H3/t19?,22-,23+,24+,25?,29?/m1/s1. The smallest absolute Gasteiger partial charge is 0.310 e. The Balaban J connectivity index is 1.48. The highest BCUT2D eigenvalue weighted by atomic mass is 32.2. The van der Waals surface area contributed by atoms with E-state index in [2.05, 4.69) is 30.4 Å². The van der Waals surface area contributed by atoms with Crippen LogP contribution in [0.3, 0.4) is 0 Å². The zero-order chi connectivity index (χ0) is 28.4. The Bertz CT molecular complexity index is 1300. The van der Waals surface area contributed by atoms with Gasteiger partial charge in [0.2, 0.25) is 11.8 Å². The average Bonchev–Trinajstić information content (AvgIpc) is 3.67. The monoisotopic (exact) mass is 567 g/mol. The molecule has 214 valence electrons. The second-order valence-corrected chi connectivity index (χ2v) is 12.4. The van der Waals surface area contributed by atoms with E-state index in [1.54, 1.807) is 38.4 Å². The number of aromatic nitrogens is 3. The van der Waals surface area contributed by atoms with E-state index in [0.29, 0.717) is 12.8 Å². The molecule has 6 atom stereocenters. The topological polar surface area (TPSA) is 118 Å². The van der Waals surface area contributed by atoms with Crippen molar-refractivity contribution in [2.45, 2.75) is 55.3 Å². The molecule has 40 heavy (non-hydrogen) atoms. The highest BCUT2D eigenvalue weighted by Gasteiger charge is 2.76. The van der Waals surface area contributed by atoms with E-state index in [0.717, 1.165) is 23.9 Å². The predicted molar refractivity (Wildman–Crippen MR) is 152 cm³/mol. The lowest BCUT2D eigenvalue weighted by molar-refractivity contribution is -0.154. The summed E-state index contributed by atoms with van der Waals surface area (Å²) < 4.78 is 6.55. The number of benzene rings is 1. The number of para-hydroxylation sites is 1. The molecule has 3 fully saturated rings. The molecule has 2 amide bonds. The molecule has 0 saturated carbocycles. The number of aliphatic hydroxyl groups is 1. The number of nitrogens with zero attached hydrogens (tertiary/aromatic N) is 5. The van der Waals surface area contributed by atoms with Crippen LogP contribution in [0.4, 0.5) is 0 Å². The summed E-state index contributed by atoms with van der Waals surface area (Å²) in [7, 11) is 0. The number of hydrogen-bond donors (Lipinski definition) is 1. The summed E-state index contributed by atoms with van der Waals surface area (Å²) in [5, 5.41) is 18.0. The number of fused-ring (bicyclic) bond motifs is 2. The molecule has 5 rings (SSSR count). The number of hydrogen-bond acceptors (Lipinski definition) is 8. The summed E-state index contributed by atoms with van der Waals surface area (Å²) in [5.41, 5.74) is 1.52. The molecule has 0 aliphatic carbocycles. The van der Waals surface area contributed by atoms with Gasteiger partial charge >= 0.3 is 5.97 Å². The van der Waals surface area contributed by atoms with Crippen molar-refractivity contribution in [1.82, 2.24) is 24.8 Å². The van der Waals surface area contributed by atoms with Crippen LogP contribution in [0.25, 0.3) is 11.0 Å². The van der Waals surface area contributed by atoms with Crippen molar-refractivity contribution in [1.29, 1.82) is 0 Å². The van der Waals surface area contributed by atoms with Crippen LogP contribution in [0.15, 0.2) is 49.6 Å². The number of aliphatic hydroxyl groups excluding tert-OH is 1. The second-order valence-electron chi connectivity index (χ2n) is 10.8. The van der Waals surface area contributed by atoms with E-state index in [1.165, 1.54) is 0 Å². The molecule has 1 spiro atoms. The highest BCUT2D eigenvalue weighted by Crippen LogP contribution is 2.68. The predicted octanol–water partition coefficient (Wildman–Crippen LogP) is 2.63. The van der Waals surface area contributed by atoms with Crippen LogP contribution >= 0.6 is 11.8 Å². The third-order valence-electron chi connectivity index (χ3n) is 8.49. The summed E-state index contributed by atoms with van der Waals surface area (Å²) >= 11 is 1.61. The molecule has 1 N–H and O–H groups in total. The number of rotatable bonds is 13. The van der Waals surface area contributed by atoms with Gasteiger partial charge in [-0.15, -0.1) is 30.0 Å². The van der Waals surface area contributed by atoms with Gasteiger partial charge < -0.3 is 19.6 Å². The maximum atomic E-state index is 14.5. The lowest BCUT2D eigenvalue weighted by Crippen LogP contribution is -2.57. The molecule has 3 aliphatic heterocycles. The minimum atomic E-state index is -0.783. The number of allylic oxidation sites excluding steroid dienone is 1. The van der Waals surface area contributed by atoms with Crippen LogP contribution in [-0.4, -0.2) is 90.0 Å². The fourth-order valence-corrected chi connectivity index (χ4v) is 9.18. The Morgan fingerprint density at radius 3 is 2.83 bits per heavy atom. The van der Waals surface area contributed by atoms with E-state index in [1.807, 2.05) is 24.3 Å². The number of esters is 1. The van der Waals surface area contributed by atoms with Gasteiger partial charge in [0.25, 0.3) is 0 Å². The largest absolute Gasteiger partial charge is 0.465 e. The van der Waals surface area contributed by atoms with Crippen LogP contribution in [0.5, 0.6) is 0 Å². The molecular formula is C29H37N5O5S. The number of carbonyl (C=O) groups excluding carboxylic acids is 3. The average molecular weight is 568 g/mol. The van der Waals surface area contributed by atoms with Crippen LogP contribution < -0.4 is 0 Å². The van der Waals surface area contributed by atoms with Crippen molar-refractivity contribution in [3.8, 4) is 0 Å². The van der Waals surface area contributed by atoms with Crippen LogP contribution in [0, 0.1) is 17.8 Å². The molecule has 2 bridgehead atoms. The van der Waals surface area contributed by atoms with E-state index in [4.69, 9.17) is 4.74 Å². The van der Waals surface area contributed by atoms with Gasteiger partial charge in [0, 0.05) is 24.9 Å². The van der Waals surface area contributed by atoms with Gasteiger partial charge in [-0.25, -0.2) is 4.68 Å². The summed E-state index contributed by atoms with van der Waals surface area (Å²) in [4.78, 5) is 45.2. The SMILES string of the molecule is C=CCCCOC(=O)[C@@H]1[C@H]2C(=O)N(CCCO)C(C(=O)N(CC=C)Cn3nnc4ccccc43)C23S[C@@H]1CC3C. The fraction of sp³-hybridized carbons (Fsp3) is 0.552. The first kappa shape index (κ1) is 28.4. The Morgan fingerprint density at radius 2 is 2.08 bits per heavy atom. The van der Waals surface area contributed by atoms with Gasteiger partial charge in [0.05, 0.1) is 28.7 Å². The van der Waals surface area contributed by atoms with Crippen molar-refractivity contribution >= 4 is 40.6 Å². The minimum Gasteiger partial charge on any atom is -0.465 e. The Kier molecular flexibility index (Phi) is 8.32. The van der Waals surface area contributed by atoms with Crippen LogP contribution in [0.2, 0.25) is 0 Å². The number of ether oxygens (including phenoxy) is 1. The zero-order valence-electron chi connectivity index (χ0n) is 22.9. The van der Waals surface area contributed by atoms with Gasteiger partial charge in [-0.2, -0.15) is 0 Å². The van der Waals surface area contributed by atoms with Gasteiger partial charge in [0.1, 0.15) is 18.2 Å². The molecule has 3 saturated heterocycles. The first-order valence-corrected chi connectivity index (χ1v) is 14.8. The molecule has 3 aliphatic rings. The normalized spacial score (nSPS) is 28.6. The third kappa shape index (κ3) is 4.62. The first-order valence-electron chi connectivity index (χ1n) is 13.9. The van der Waals surface area contributed by atoms with Crippen molar-refractivity contribution in [3.05, 3.63) is 49.6 Å². The Morgan fingerprint density at radius 1 is 1.27 bits per heavy atom. The quantitative estimate of drug-likeness (QED) is 0.223. The molecule has 1 aromatic carbocycles. The summed E-state index contributed by atoms with van der Waals surface area (Å²) in [6.07, 6.45) is 5.93. The maximum absolute atomic E-state index is 14.5. The number of carbonyl (C=O) groups is 3. The zero-order valence-corrected chi connectivity index (χ0v) is 23.7. The third-order valence-corrected chi connectivity index (χ3v) is 10.6. The van der Waals surface area contributed by atoms with Gasteiger partial charge in [-0.3, -0.25) is 14.4 Å². The molecule has 1 aromatic heterocycles. The lowest BCUT2D eigenvalue weighted by atomic mass is 9.66. The second kappa shape index (κ2) is 11.7. The van der Waals surface area contributed by atoms with Crippen molar-refractivity contribution < 1.29 is 24.2 Å². The Hall–Kier alpha value is -3.18. The molecule has 4 heterocycles. The number of unbranched alkanes of at least 4 members (excludes halogenated alkanes) is 1. The number of likely N-dealkylation sites (tertiary alicyclic amines) is 1. The lowest BCUT2D eigenvalue weighted by Gasteiger charge is -2.40. The fourth-order valence-electron chi connectivity index (χ4n) is 6.78. The maximum Gasteiger partial charge on any atom is 0.310 e. The molecule has 10 nitrogen and oxygen atoms in total. The summed E-state index contributed by atoms with van der Waals surface area (Å²) in [5.74, 6) is -1.99. The van der Waals surface area contributed by atoms with E-state index in [9.17, 15) is 19.5 Å². The highest BCUT2D eigenvalue weighted by molar-refractivity contribution is 8.02. The van der Waals surface area contributed by atoms with Gasteiger partial charge in [-0.1, -0.05) is 36.4 Å². The van der Waals surface area contributed by atoms with Gasteiger partial charge in [0.15, 0.2) is 0 Å². The van der Waals surface area contributed by atoms with E-state index >= 15 is 0 Å². The van der Waals surface area contributed by atoms with Crippen molar-refractivity contribution in [2.24, 2.45) is 17.8 Å².